The van der Waals surface area contributed by atoms with Crippen LogP contribution < -0.4 is 4.74 Å². The van der Waals surface area contributed by atoms with Gasteiger partial charge in [-0.3, -0.25) is 0 Å². The summed E-state index contributed by atoms with van der Waals surface area (Å²) in [5.41, 5.74) is 2.69. The lowest BCUT2D eigenvalue weighted by Gasteiger charge is -2.08. The quantitative estimate of drug-likeness (QED) is 0.295. The number of oxime groups is 1. The molecule has 31 heavy (non-hydrogen) atoms. The summed E-state index contributed by atoms with van der Waals surface area (Å²) >= 11 is 0. The second-order valence-corrected chi connectivity index (χ2v) is 7.14. The van der Waals surface area contributed by atoms with Crippen molar-refractivity contribution in [3.8, 4) is 11.6 Å². The number of aryl methyl sites for hydroxylation is 2. The van der Waals surface area contributed by atoms with E-state index >= 15 is 0 Å². The molecule has 0 N–H and O–H groups in total. The van der Waals surface area contributed by atoms with E-state index in [-0.39, 0.29) is 24.5 Å². The number of hydrogen-bond acceptors (Lipinski definition) is 6. The van der Waals surface area contributed by atoms with Crippen LogP contribution in [0.25, 0.3) is 0 Å². The van der Waals surface area contributed by atoms with Crippen LogP contribution in [0.1, 0.15) is 41.0 Å². The van der Waals surface area contributed by atoms with Crippen molar-refractivity contribution in [2.24, 2.45) is 12.2 Å². The Kier molecular flexibility index (Phi) is 7.02. The highest BCUT2D eigenvalue weighted by Gasteiger charge is 2.14. The van der Waals surface area contributed by atoms with Crippen LogP contribution in [-0.4, -0.2) is 28.1 Å². The van der Waals surface area contributed by atoms with Crippen LogP contribution in [0.3, 0.4) is 0 Å². The lowest BCUT2D eigenvalue weighted by Crippen LogP contribution is -2.11. The summed E-state index contributed by atoms with van der Waals surface area (Å²) in [5.74, 6) is 0.246. The van der Waals surface area contributed by atoms with Crippen LogP contribution in [0, 0.1) is 12.7 Å². The molecule has 0 amide bonds. The molecule has 0 spiro atoms. The van der Waals surface area contributed by atoms with Gasteiger partial charge in [0.15, 0.2) is 0 Å². The normalized spacial score (nSPS) is 11.2. The maximum atomic E-state index is 13.1. The van der Waals surface area contributed by atoms with E-state index < -0.39 is 0 Å². The van der Waals surface area contributed by atoms with E-state index in [4.69, 9.17) is 14.3 Å². The first-order valence-electron chi connectivity index (χ1n) is 9.75. The number of benzene rings is 2. The van der Waals surface area contributed by atoms with Crippen molar-refractivity contribution < 1.29 is 23.5 Å². The van der Waals surface area contributed by atoms with E-state index in [1.165, 1.54) is 30.5 Å². The average Bonchev–Trinajstić information content (AvgIpc) is 2.99. The molecule has 3 aromatic rings. The Morgan fingerprint density at radius 2 is 1.84 bits per heavy atom. The first-order chi connectivity index (χ1) is 14.8. The largest absolute Gasteiger partial charge is 0.459 e. The number of carbonyl (C=O) groups is 1. The van der Waals surface area contributed by atoms with E-state index in [2.05, 4.69) is 10.3 Å². The summed E-state index contributed by atoms with van der Waals surface area (Å²) in [7, 11) is 1.75. The number of halogens is 1. The molecular weight excluding hydrogens is 401 g/mol. The Labute approximate surface area is 180 Å². The molecule has 7 nitrogen and oxygen atoms in total. The fourth-order valence-electron chi connectivity index (χ4n) is 2.76. The number of carbonyl (C=O) groups excluding carboxylic acids is 1. The van der Waals surface area contributed by atoms with Gasteiger partial charge in [-0.15, -0.1) is 0 Å². The fourth-order valence-corrected chi connectivity index (χ4v) is 2.76. The zero-order valence-corrected chi connectivity index (χ0v) is 17.8. The number of esters is 1. The molecule has 162 valence electrons. The van der Waals surface area contributed by atoms with Crippen LogP contribution in [-0.2, 0) is 23.2 Å². The Bertz CT molecular complexity index is 1060. The van der Waals surface area contributed by atoms with Crippen LogP contribution in [0.5, 0.6) is 11.6 Å². The minimum absolute atomic E-state index is 0.169. The molecule has 0 radical (unpaired) electrons. The molecule has 0 unspecified atom stereocenters. The topological polar surface area (TPSA) is 74.9 Å². The number of rotatable bonds is 8. The summed E-state index contributed by atoms with van der Waals surface area (Å²) in [4.78, 5) is 17.3. The predicted molar refractivity (Wildman–Crippen MR) is 114 cm³/mol. The van der Waals surface area contributed by atoms with Crippen LogP contribution in [0.2, 0.25) is 0 Å². The van der Waals surface area contributed by atoms with Crippen LogP contribution >= 0.6 is 0 Å². The molecule has 0 bridgehead atoms. The monoisotopic (exact) mass is 425 g/mol. The third-order valence-electron chi connectivity index (χ3n) is 4.26. The molecule has 0 aliphatic rings. The Morgan fingerprint density at radius 3 is 2.48 bits per heavy atom. The van der Waals surface area contributed by atoms with Gasteiger partial charge in [-0.05, 0) is 62.7 Å². The Morgan fingerprint density at radius 1 is 1.16 bits per heavy atom. The summed E-state index contributed by atoms with van der Waals surface area (Å²) in [6.07, 6.45) is 1.35. The third kappa shape index (κ3) is 5.91. The van der Waals surface area contributed by atoms with Crippen molar-refractivity contribution in [1.82, 2.24) is 9.78 Å². The summed E-state index contributed by atoms with van der Waals surface area (Å²) in [6, 6.07) is 12.7. The Balaban J connectivity index is 1.62. The van der Waals surface area contributed by atoms with Gasteiger partial charge in [0.2, 0.25) is 5.88 Å². The summed E-state index contributed by atoms with van der Waals surface area (Å²) in [6.45, 7) is 5.66. The zero-order valence-electron chi connectivity index (χ0n) is 17.8. The van der Waals surface area contributed by atoms with Crippen molar-refractivity contribution in [3.05, 3.63) is 76.7 Å². The van der Waals surface area contributed by atoms with E-state index in [9.17, 15) is 9.18 Å². The highest BCUT2D eigenvalue weighted by Crippen LogP contribution is 2.26. The molecule has 1 aromatic heterocycles. The molecule has 1 heterocycles. The third-order valence-corrected chi connectivity index (χ3v) is 4.26. The van der Waals surface area contributed by atoms with Gasteiger partial charge in [0.1, 0.15) is 18.2 Å². The maximum absolute atomic E-state index is 13.1. The molecule has 0 aliphatic carbocycles. The molecule has 0 aliphatic heterocycles. The molecule has 0 saturated heterocycles. The standard InChI is InChI=1S/C23H24FN3O4/c1-15(2)30-23(28)18-7-5-17(6-8-18)14-29-25-13-21-16(3)26-27(4)22(21)31-20-11-9-19(24)10-12-20/h5-13,15H,14H2,1-4H3. The number of hydrogen-bond donors (Lipinski definition) is 0. The summed E-state index contributed by atoms with van der Waals surface area (Å²) < 4.78 is 25.7. The van der Waals surface area contributed by atoms with Gasteiger partial charge in [0.25, 0.3) is 0 Å². The highest BCUT2D eigenvalue weighted by molar-refractivity contribution is 5.89. The smallest absolute Gasteiger partial charge is 0.338 e. The van der Waals surface area contributed by atoms with E-state index in [1.54, 1.807) is 49.8 Å². The van der Waals surface area contributed by atoms with Crippen molar-refractivity contribution >= 4 is 12.2 Å². The van der Waals surface area contributed by atoms with Gasteiger partial charge < -0.3 is 14.3 Å². The molecule has 8 heteroatoms. The van der Waals surface area contributed by atoms with Gasteiger partial charge in [0.05, 0.1) is 29.1 Å². The first-order valence-corrected chi connectivity index (χ1v) is 9.75. The second kappa shape index (κ2) is 9.88. The number of aromatic nitrogens is 2. The fraction of sp³-hybridized carbons (Fsp3) is 0.261. The van der Waals surface area contributed by atoms with Gasteiger partial charge in [-0.2, -0.15) is 5.10 Å². The lowest BCUT2D eigenvalue weighted by atomic mass is 10.1. The van der Waals surface area contributed by atoms with Gasteiger partial charge in [-0.25, -0.2) is 13.9 Å². The lowest BCUT2D eigenvalue weighted by molar-refractivity contribution is 0.0378. The molecular formula is C23H24FN3O4. The molecule has 0 fully saturated rings. The van der Waals surface area contributed by atoms with Gasteiger partial charge >= 0.3 is 5.97 Å². The SMILES string of the molecule is Cc1nn(C)c(Oc2ccc(F)cc2)c1C=NOCc1ccc(C(=O)OC(C)C)cc1. The van der Waals surface area contributed by atoms with Crippen LogP contribution in [0.15, 0.2) is 53.7 Å². The number of ether oxygens (including phenoxy) is 2. The highest BCUT2D eigenvalue weighted by atomic mass is 19.1. The van der Waals surface area contributed by atoms with Crippen molar-refractivity contribution in [2.45, 2.75) is 33.5 Å². The van der Waals surface area contributed by atoms with Crippen molar-refractivity contribution in [1.29, 1.82) is 0 Å². The number of nitrogens with zero attached hydrogens (tertiary/aromatic N) is 3. The van der Waals surface area contributed by atoms with Crippen molar-refractivity contribution in [3.63, 3.8) is 0 Å². The minimum Gasteiger partial charge on any atom is -0.459 e. The molecule has 2 aromatic carbocycles. The molecule has 0 saturated carbocycles. The van der Waals surface area contributed by atoms with E-state index in [0.717, 1.165) is 5.56 Å². The Hall–Kier alpha value is -3.68. The van der Waals surface area contributed by atoms with Gasteiger partial charge in [0, 0.05) is 7.05 Å². The van der Waals surface area contributed by atoms with Crippen LogP contribution in [0.4, 0.5) is 4.39 Å². The van der Waals surface area contributed by atoms with Gasteiger partial charge in [-0.1, -0.05) is 17.3 Å². The van der Waals surface area contributed by atoms with E-state index in [0.29, 0.717) is 28.5 Å². The first kappa shape index (κ1) is 22.0. The summed E-state index contributed by atoms with van der Waals surface area (Å²) in [5, 5.41) is 8.35. The van der Waals surface area contributed by atoms with Crippen molar-refractivity contribution in [2.75, 3.05) is 0 Å². The maximum Gasteiger partial charge on any atom is 0.338 e. The molecule has 3 rings (SSSR count). The predicted octanol–water partition coefficient (Wildman–Crippen LogP) is 4.78. The minimum atomic E-state index is -0.360. The zero-order chi connectivity index (χ0) is 22.4. The second-order valence-electron chi connectivity index (χ2n) is 7.14. The van der Waals surface area contributed by atoms with E-state index in [1.807, 2.05) is 6.92 Å². The average molecular weight is 425 g/mol. The molecule has 0 atom stereocenters.